The van der Waals surface area contributed by atoms with Gasteiger partial charge >= 0.3 is 0 Å². The lowest BCUT2D eigenvalue weighted by atomic mass is 9.85. The molecule has 126 valence electrons. The van der Waals surface area contributed by atoms with E-state index in [9.17, 15) is 0 Å². The second kappa shape index (κ2) is 6.76. The summed E-state index contributed by atoms with van der Waals surface area (Å²) in [6, 6.07) is 7.30. The zero-order valence-corrected chi connectivity index (χ0v) is 15.2. The van der Waals surface area contributed by atoms with E-state index in [2.05, 4.69) is 24.0 Å². The van der Waals surface area contributed by atoms with Crippen LogP contribution in [0.15, 0.2) is 18.2 Å². The molecule has 0 spiro atoms. The van der Waals surface area contributed by atoms with Crippen molar-refractivity contribution in [3.05, 3.63) is 34.3 Å². The molecule has 3 aliphatic rings. The molecule has 1 heterocycles. The van der Waals surface area contributed by atoms with E-state index in [1.165, 1.54) is 75.6 Å². The lowest BCUT2D eigenvalue weighted by molar-refractivity contribution is 0.125. The first-order valence-electron chi connectivity index (χ1n) is 9.69. The van der Waals surface area contributed by atoms with E-state index >= 15 is 0 Å². The number of rotatable bonds is 2. The highest BCUT2D eigenvalue weighted by molar-refractivity contribution is 6.30. The molecule has 1 aromatic rings. The molecule has 3 fully saturated rings. The van der Waals surface area contributed by atoms with Crippen molar-refractivity contribution >= 4 is 11.6 Å². The summed E-state index contributed by atoms with van der Waals surface area (Å²) in [6.07, 6.45) is 11.6. The third kappa shape index (κ3) is 3.46. The second-order valence-electron chi connectivity index (χ2n) is 8.32. The van der Waals surface area contributed by atoms with Crippen LogP contribution in [0.2, 0.25) is 5.02 Å². The second-order valence-corrected chi connectivity index (χ2v) is 8.76. The topological polar surface area (TPSA) is 3.24 Å². The number of hydrogen-bond donors (Lipinski definition) is 0. The van der Waals surface area contributed by atoms with Gasteiger partial charge in [0.1, 0.15) is 0 Å². The number of likely N-dealkylation sites (tertiary alicyclic amines) is 1. The minimum absolute atomic E-state index is 0.715. The molecule has 2 saturated carbocycles. The average Bonchev–Trinajstić information content (AvgIpc) is 2.89. The van der Waals surface area contributed by atoms with Gasteiger partial charge in [0, 0.05) is 11.1 Å². The van der Waals surface area contributed by atoms with Gasteiger partial charge in [-0.1, -0.05) is 30.5 Å². The Hall–Kier alpha value is -0.530. The van der Waals surface area contributed by atoms with Crippen LogP contribution in [0.4, 0.5) is 0 Å². The fraction of sp³-hybridized carbons (Fsp3) is 0.714. The lowest BCUT2D eigenvalue weighted by Crippen LogP contribution is -2.41. The van der Waals surface area contributed by atoms with E-state index in [1.807, 2.05) is 6.07 Å². The number of piperidine rings is 1. The van der Waals surface area contributed by atoms with Gasteiger partial charge < -0.3 is 4.90 Å². The number of aryl methyl sites for hydroxylation is 1. The standard InChI is InChI=1S/C21H30ClN/c1-15-2-6-19(22)14-21(15)18-8-10-23(11-9-18)20-7-5-16-3-4-17(12-16)13-20/h2,6,14,16-18,20H,3-5,7-13H2,1H3/t16-,17+,20?/m1/s1. The third-order valence-electron chi connectivity index (χ3n) is 6.89. The highest BCUT2D eigenvalue weighted by Gasteiger charge is 2.34. The van der Waals surface area contributed by atoms with Crippen molar-refractivity contribution in [1.29, 1.82) is 0 Å². The third-order valence-corrected chi connectivity index (χ3v) is 7.13. The average molecular weight is 332 g/mol. The number of halogens is 1. The Labute approximate surface area is 146 Å². The molecule has 23 heavy (non-hydrogen) atoms. The van der Waals surface area contributed by atoms with Crippen LogP contribution in [0.3, 0.4) is 0 Å². The molecule has 4 rings (SSSR count). The first kappa shape index (κ1) is 16.0. The molecular formula is C21H30ClN. The van der Waals surface area contributed by atoms with Crippen LogP contribution in [0, 0.1) is 18.8 Å². The predicted octanol–water partition coefficient (Wildman–Crippen LogP) is 5.80. The summed E-state index contributed by atoms with van der Waals surface area (Å²) in [7, 11) is 0. The van der Waals surface area contributed by atoms with Crippen LogP contribution in [-0.4, -0.2) is 24.0 Å². The maximum atomic E-state index is 6.23. The summed E-state index contributed by atoms with van der Waals surface area (Å²) in [5, 5.41) is 0.896. The Kier molecular flexibility index (Phi) is 4.70. The number of benzene rings is 1. The highest BCUT2D eigenvalue weighted by atomic mass is 35.5. The molecule has 0 radical (unpaired) electrons. The molecule has 0 aromatic heterocycles. The molecule has 2 aliphatic carbocycles. The smallest absolute Gasteiger partial charge is 0.0409 e. The van der Waals surface area contributed by atoms with E-state index in [-0.39, 0.29) is 0 Å². The normalized spacial score (nSPS) is 32.9. The maximum absolute atomic E-state index is 6.23. The summed E-state index contributed by atoms with van der Waals surface area (Å²) in [4.78, 5) is 2.83. The lowest BCUT2D eigenvalue weighted by Gasteiger charge is -2.39. The van der Waals surface area contributed by atoms with Crippen molar-refractivity contribution in [2.45, 2.75) is 70.3 Å². The molecule has 0 amide bonds. The van der Waals surface area contributed by atoms with Crippen LogP contribution in [0.5, 0.6) is 0 Å². The van der Waals surface area contributed by atoms with Crippen LogP contribution in [0.1, 0.15) is 68.4 Å². The van der Waals surface area contributed by atoms with Crippen molar-refractivity contribution in [2.75, 3.05) is 13.1 Å². The molecule has 1 saturated heterocycles. The van der Waals surface area contributed by atoms with Gasteiger partial charge in [0.25, 0.3) is 0 Å². The van der Waals surface area contributed by atoms with Gasteiger partial charge in [-0.15, -0.1) is 0 Å². The van der Waals surface area contributed by atoms with Crippen LogP contribution >= 0.6 is 11.6 Å². The summed E-state index contributed by atoms with van der Waals surface area (Å²) in [6.45, 7) is 4.82. The molecule has 1 unspecified atom stereocenters. The van der Waals surface area contributed by atoms with Crippen molar-refractivity contribution in [3.8, 4) is 0 Å². The van der Waals surface area contributed by atoms with Gasteiger partial charge in [-0.2, -0.15) is 0 Å². The Bertz CT molecular complexity index is 547. The van der Waals surface area contributed by atoms with Crippen molar-refractivity contribution < 1.29 is 0 Å². The van der Waals surface area contributed by atoms with Crippen molar-refractivity contribution in [1.82, 2.24) is 4.90 Å². The van der Waals surface area contributed by atoms with Gasteiger partial charge in [-0.25, -0.2) is 0 Å². The summed E-state index contributed by atoms with van der Waals surface area (Å²) in [5.41, 5.74) is 2.91. The zero-order valence-electron chi connectivity index (χ0n) is 14.4. The van der Waals surface area contributed by atoms with Gasteiger partial charge in [0.05, 0.1) is 0 Å². The minimum atomic E-state index is 0.715. The van der Waals surface area contributed by atoms with Crippen molar-refractivity contribution in [2.24, 2.45) is 11.8 Å². The fourth-order valence-corrected chi connectivity index (χ4v) is 5.72. The quantitative estimate of drug-likeness (QED) is 0.662. The predicted molar refractivity (Wildman–Crippen MR) is 98.2 cm³/mol. The fourth-order valence-electron chi connectivity index (χ4n) is 5.54. The zero-order chi connectivity index (χ0) is 15.8. The monoisotopic (exact) mass is 331 g/mol. The van der Waals surface area contributed by atoms with Gasteiger partial charge in [-0.3, -0.25) is 0 Å². The molecule has 2 heteroatoms. The molecule has 0 N–H and O–H groups in total. The number of hydrogen-bond acceptors (Lipinski definition) is 1. The van der Waals surface area contributed by atoms with Crippen LogP contribution in [-0.2, 0) is 0 Å². The van der Waals surface area contributed by atoms with Crippen molar-refractivity contribution in [3.63, 3.8) is 0 Å². The van der Waals surface area contributed by atoms with Crippen LogP contribution in [0.25, 0.3) is 0 Å². The van der Waals surface area contributed by atoms with E-state index in [4.69, 9.17) is 11.6 Å². The molecule has 2 bridgehead atoms. The molecule has 3 atom stereocenters. The first-order valence-corrected chi connectivity index (χ1v) is 10.1. The van der Waals surface area contributed by atoms with Gasteiger partial charge in [0.15, 0.2) is 0 Å². The Morgan fingerprint density at radius 1 is 0.913 bits per heavy atom. The number of nitrogens with zero attached hydrogens (tertiary/aromatic N) is 1. The largest absolute Gasteiger partial charge is 0.300 e. The molecular weight excluding hydrogens is 302 g/mol. The van der Waals surface area contributed by atoms with E-state index in [0.29, 0.717) is 5.92 Å². The first-order chi connectivity index (χ1) is 11.2. The minimum Gasteiger partial charge on any atom is -0.300 e. The van der Waals surface area contributed by atoms with Crippen LogP contribution < -0.4 is 0 Å². The SMILES string of the molecule is Cc1ccc(Cl)cc1C1CCN(C2CC[C@H]3CC[C@H](C2)C3)CC1. The van der Waals surface area contributed by atoms with Gasteiger partial charge in [-0.05, 0) is 99.6 Å². The molecule has 1 aliphatic heterocycles. The van der Waals surface area contributed by atoms with E-state index < -0.39 is 0 Å². The Balaban J connectivity index is 1.38. The van der Waals surface area contributed by atoms with E-state index in [0.717, 1.165) is 22.9 Å². The number of fused-ring (bicyclic) bond motifs is 2. The summed E-state index contributed by atoms with van der Waals surface area (Å²) >= 11 is 6.23. The Morgan fingerprint density at radius 2 is 1.65 bits per heavy atom. The molecule has 1 nitrogen and oxygen atoms in total. The van der Waals surface area contributed by atoms with E-state index in [1.54, 1.807) is 0 Å². The Morgan fingerprint density at radius 3 is 2.48 bits per heavy atom. The van der Waals surface area contributed by atoms with Gasteiger partial charge in [0.2, 0.25) is 0 Å². The maximum Gasteiger partial charge on any atom is 0.0409 e. The summed E-state index contributed by atoms with van der Waals surface area (Å²) in [5.74, 6) is 2.82. The highest BCUT2D eigenvalue weighted by Crippen LogP contribution is 2.42. The molecule has 1 aromatic carbocycles. The summed E-state index contributed by atoms with van der Waals surface area (Å²) < 4.78 is 0.